The first-order chi connectivity index (χ1) is 12.4. The Morgan fingerprint density at radius 1 is 0.960 bits per heavy atom. The maximum atomic E-state index is 5.66. The topological polar surface area (TPSA) is 37.4 Å². The van der Waals surface area contributed by atoms with Crippen molar-refractivity contribution in [2.45, 2.75) is 6.04 Å². The number of fused-ring (bicyclic) bond motifs is 1. The zero-order valence-corrected chi connectivity index (χ0v) is 14.5. The predicted molar refractivity (Wildman–Crippen MR) is 101 cm³/mol. The average Bonchev–Trinajstić information content (AvgIpc) is 2.69. The first-order valence-electron chi connectivity index (χ1n) is 8.80. The van der Waals surface area contributed by atoms with Gasteiger partial charge in [0, 0.05) is 37.1 Å². The van der Waals surface area contributed by atoms with Crippen LogP contribution >= 0.6 is 0 Å². The van der Waals surface area contributed by atoms with Crippen molar-refractivity contribution >= 4 is 10.9 Å². The third kappa shape index (κ3) is 3.23. The van der Waals surface area contributed by atoms with E-state index in [1.54, 1.807) is 7.11 Å². The van der Waals surface area contributed by atoms with Crippen molar-refractivity contribution in [2.75, 3.05) is 33.3 Å². The minimum atomic E-state index is 0.0999. The Bertz CT molecular complexity index is 858. The number of hydrogen-bond acceptors (Lipinski definition) is 4. The van der Waals surface area contributed by atoms with Gasteiger partial charge in [-0.3, -0.25) is 9.88 Å². The van der Waals surface area contributed by atoms with E-state index in [1.165, 1.54) is 10.9 Å². The van der Waals surface area contributed by atoms with Gasteiger partial charge in [-0.25, -0.2) is 0 Å². The highest BCUT2D eigenvalue weighted by atomic mass is 16.5. The fraction of sp³-hybridized carbons (Fsp3) is 0.286. The number of rotatable bonds is 4. The molecular weight excluding hydrogens is 310 g/mol. The van der Waals surface area contributed by atoms with Gasteiger partial charge >= 0.3 is 0 Å². The molecule has 0 bridgehead atoms. The van der Waals surface area contributed by atoms with Crippen LogP contribution in [0.2, 0.25) is 0 Å². The Kier molecular flexibility index (Phi) is 4.63. The molecule has 1 aliphatic rings. The Morgan fingerprint density at radius 3 is 2.56 bits per heavy atom. The van der Waals surface area contributed by atoms with Crippen LogP contribution in [0.25, 0.3) is 10.9 Å². The van der Waals surface area contributed by atoms with Gasteiger partial charge in [0.15, 0.2) is 0 Å². The maximum absolute atomic E-state index is 5.66. The summed E-state index contributed by atoms with van der Waals surface area (Å²) in [6.07, 6.45) is 0. The summed E-state index contributed by atoms with van der Waals surface area (Å²) < 4.78 is 5.66. The van der Waals surface area contributed by atoms with Crippen LogP contribution in [-0.2, 0) is 0 Å². The number of para-hydroxylation sites is 2. The number of benzene rings is 2. The first-order valence-corrected chi connectivity index (χ1v) is 8.80. The molecular formula is C21H23N3O. The second-order valence-corrected chi connectivity index (χ2v) is 6.36. The molecule has 4 rings (SSSR count). The number of hydrogen-bond donors (Lipinski definition) is 1. The number of nitrogens with one attached hydrogen (secondary N) is 1. The minimum absolute atomic E-state index is 0.0999. The van der Waals surface area contributed by atoms with Gasteiger partial charge in [0.25, 0.3) is 0 Å². The summed E-state index contributed by atoms with van der Waals surface area (Å²) in [4.78, 5) is 7.48. The van der Waals surface area contributed by atoms with E-state index in [0.29, 0.717) is 0 Å². The summed E-state index contributed by atoms with van der Waals surface area (Å²) in [7, 11) is 1.74. The SMILES string of the molecule is COc1ccccc1C(c1ccc2ccccc2n1)N1CCNCC1. The van der Waals surface area contributed by atoms with E-state index in [1.807, 2.05) is 18.2 Å². The standard InChI is InChI=1S/C21H23N3O/c1-25-20-9-5-3-7-17(20)21(24-14-12-22-13-15-24)19-11-10-16-6-2-4-8-18(16)23-19/h2-11,21-22H,12-15H2,1H3. The number of aromatic nitrogens is 1. The quantitative estimate of drug-likeness (QED) is 0.795. The molecule has 2 aromatic carbocycles. The zero-order chi connectivity index (χ0) is 17.1. The highest BCUT2D eigenvalue weighted by molar-refractivity contribution is 5.78. The monoisotopic (exact) mass is 333 g/mol. The summed E-state index contributed by atoms with van der Waals surface area (Å²) in [5, 5.41) is 4.61. The number of piperazine rings is 1. The van der Waals surface area contributed by atoms with E-state index in [-0.39, 0.29) is 6.04 Å². The van der Waals surface area contributed by atoms with Crippen molar-refractivity contribution in [1.29, 1.82) is 0 Å². The normalized spacial score (nSPS) is 16.7. The Hall–Kier alpha value is -2.43. The van der Waals surface area contributed by atoms with E-state index in [2.05, 4.69) is 52.7 Å². The summed E-state index contributed by atoms with van der Waals surface area (Å²) in [6.45, 7) is 3.99. The number of methoxy groups -OCH3 is 1. The molecule has 1 aromatic heterocycles. The average molecular weight is 333 g/mol. The van der Waals surface area contributed by atoms with Crippen molar-refractivity contribution in [3.05, 3.63) is 71.9 Å². The lowest BCUT2D eigenvalue weighted by Crippen LogP contribution is -2.45. The van der Waals surface area contributed by atoms with Crippen molar-refractivity contribution in [3.63, 3.8) is 0 Å². The Balaban J connectivity index is 1.83. The lowest BCUT2D eigenvalue weighted by Gasteiger charge is -2.35. The van der Waals surface area contributed by atoms with Crippen LogP contribution < -0.4 is 10.1 Å². The molecule has 1 N–H and O–H groups in total. The molecule has 4 heteroatoms. The van der Waals surface area contributed by atoms with Crippen molar-refractivity contribution in [1.82, 2.24) is 15.2 Å². The fourth-order valence-corrected chi connectivity index (χ4v) is 3.61. The van der Waals surface area contributed by atoms with Crippen LogP contribution in [-0.4, -0.2) is 43.2 Å². The van der Waals surface area contributed by atoms with Crippen LogP contribution in [0.4, 0.5) is 0 Å². The molecule has 1 atom stereocenters. The van der Waals surface area contributed by atoms with E-state index in [0.717, 1.165) is 43.1 Å². The smallest absolute Gasteiger partial charge is 0.124 e. The van der Waals surface area contributed by atoms with Gasteiger partial charge < -0.3 is 10.1 Å². The molecule has 1 fully saturated rings. The predicted octanol–water partition coefficient (Wildman–Crippen LogP) is 3.24. The molecule has 0 saturated carbocycles. The molecule has 0 radical (unpaired) electrons. The number of pyridine rings is 1. The first kappa shape index (κ1) is 16.1. The molecule has 0 aliphatic carbocycles. The summed E-state index contributed by atoms with van der Waals surface area (Å²) in [6, 6.07) is 21.0. The lowest BCUT2D eigenvalue weighted by molar-refractivity contribution is 0.193. The van der Waals surface area contributed by atoms with Crippen LogP contribution in [0.3, 0.4) is 0 Å². The van der Waals surface area contributed by atoms with Crippen LogP contribution in [0.5, 0.6) is 5.75 Å². The Labute approximate surface area is 148 Å². The molecule has 1 saturated heterocycles. The Morgan fingerprint density at radius 2 is 1.72 bits per heavy atom. The van der Waals surface area contributed by atoms with Crippen LogP contribution in [0, 0.1) is 0 Å². The molecule has 25 heavy (non-hydrogen) atoms. The molecule has 1 unspecified atom stereocenters. The molecule has 3 aromatic rings. The van der Waals surface area contributed by atoms with Crippen molar-refractivity contribution in [3.8, 4) is 5.75 Å². The molecule has 2 heterocycles. The van der Waals surface area contributed by atoms with Gasteiger partial charge in [-0.15, -0.1) is 0 Å². The summed E-state index contributed by atoms with van der Waals surface area (Å²) in [5.41, 5.74) is 3.29. The molecule has 0 spiro atoms. The van der Waals surface area contributed by atoms with E-state index in [9.17, 15) is 0 Å². The van der Waals surface area contributed by atoms with Gasteiger partial charge in [0.05, 0.1) is 24.4 Å². The molecule has 128 valence electrons. The molecule has 1 aliphatic heterocycles. The number of ether oxygens (including phenoxy) is 1. The second-order valence-electron chi connectivity index (χ2n) is 6.36. The third-order valence-electron chi connectivity index (χ3n) is 4.85. The van der Waals surface area contributed by atoms with Crippen LogP contribution in [0.1, 0.15) is 17.3 Å². The molecule has 4 nitrogen and oxygen atoms in total. The minimum Gasteiger partial charge on any atom is -0.496 e. The fourth-order valence-electron chi connectivity index (χ4n) is 3.61. The largest absolute Gasteiger partial charge is 0.496 e. The number of nitrogens with zero attached hydrogens (tertiary/aromatic N) is 2. The summed E-state index contributed by atoms with van der Waals surface area (Å²) in [5.74, 6) is 0.918. The highest BCUT2D eigenvalue weighted by Gasteiger charge is 2.27. The van der Waals surface area contributed by atoms with E-state index < -0.39 is 0 Å². The van der Waals surface area contributed by atoms with Gasteiger partial charge in [0.2, 0.25) is 0 Å². The van der Waals surface area contributed by atoms with E-state index >= 15 is 0 Å². The van der Waals surface area contributed by atoms with E-state index in [4.69, 9.17) is 9.72 Å². The van der Waals surface area contributed by atoms with Crippen LogP contribution in [0.15, 0.2) is 60.7 Å². The van der Waals surface area contributed by atoms with Gasteiger partial charge in [-0.05, 0) is 18.2 Å². The third-order valence-corrected chi connectivity index (χ3v) is 4.85. The second kappa shape index (κ2) is 7.21. The van der Waals surface area contributed by atoms with Gasteiger partial charge in [0.1, 0.15) is 5.75 Å². The maximum Gasteiger partial charge on any atom is 0.124 e. The van der Waals surface area contributed by atoms with Crippen molar-refractivity contribution in [2.24, 2.45) is 0 Å². The van der Waals surface area contributed by atoms with Gasteiger partial charge in [-0.1, -0.05) is 42.5 Å². The van der Waals surface area contributed by atoms with Crippen molar-refractivity contribution < 1.29 is 4.74 Å². The lowest BCUT2D eigenvalue weighted by atomic mass is 9.98. The van der Waals surface area contributed by atoms with Gasteiger partial charge in [-0.2, -0.15) is 0 Å². The molecule has 0 amide bonds. The zero-order valence-electron chi connectivity index (χ0n) is 14.5. The summed E-state index contributed by atoms with van der Waals surface area (Å²) >= 11 is 0. The highest BCUT2D eigenvalue weighted by Crippen LogP contribution is 2.34.